The summed E-state index contributed by atoms with van der Waals surface area (Å²) in [5, 5.41) is 7.61. The molecule has 0 bridgehead atoms. The van der Waals surface area contributed by atoms with Gasteiger partial charge in [-0.3, -0.25) is 0 Å². The predicted octanol–water partition coefficient (Wildman–Crippen LogP) is 12.9. The standard InChI is InChI=1S/C47H34N2/c1-47(2)41-29-35(48(33-16-4-3-5-17-33)34-25-24-31-14-6-7-15-32(31)28-34)26-27-40(41)46-39-21-9-8-20-38(39)45(30-42(46)47)49-43-22-12-10-18-36(43)37-19-11-13-23-44(37)49/h3-30H,1-2H3. The van der Waals surface area contributed by atoms with E-state index in [-0.39, 0.29) is 5.41 Å². The van der Waals surface area contributed by atoms with Gasteiger partial charge in [-0.2, -0.15) is 0 Å². The van der Waals surface area contributed by atoms with Gasteiger partial charge in [-0.25, -0.2) is 0 Å². The van der Waals surface area contributed by atoms with Crippen LogP contribution in [-0.4, -0.2) is 4.57 Å². The fraction of sp³-hybridized carbons (Fsp3) is 0.0638. The molecule has 9 aromatic rings. The number of para-hydroxylation sites is 3. The molecule has 0 N–H and O–H groups in total. The molecule has 0 aliphatic heterocycles. The maximum Gasteiger partial charge on any atom is 0.0544 e. The van der Waals surface area contributed by atoms with Gasteiger partial charge in [0.05, 0.1) is 16.7 Å². The third-order valence-corrected chi connectivity index (χ3v) is 10.7. The lowest BCUT2D eigenvalue weighted by atomic mass is 9.81. The molecule has 0 saturated carbocycles. The summed E-state index contributed by atoms with van der Waals surface area (Å²) in [5.74, 6) is 0. The lowest BCUT2D eigenvalue weighted by Gasteiger charge is -2.28. The largest absolute Gasteiger partial charge is 0.310 e. The van der Waals surface area contributed by atoms with Crippen molar-refractivity contribution in [3.8, 4) is 16.8 Å². The van der Waals surface area contributed by atoms with E-state index in [0.717, 1.165) is 17.1 Å². The van der Waals surface area contributed by atoms with Crippen molar-refractivity contribution in [3.63, 3.8) is 0 Å². The van der Waals surface area contributed by atoms with Gasteiger partial charge >= 0.3 is 0 Å². The van der Waals surface area contributed by atoms with Gasteiger partial charge in [-0.1, -0.05) is 129 Å². The third-order valence-electron chi connectivity index (χ3n) is 10.7. The molecule has 0 atom stereocenters. The van der Waals surface area contributed by atoms with E-state index in [9.17, 15) is 0 Å². The summed E-state index contributed by atoms with van der Waals surface area (Å²) in [4.78, 5) is 2.40. The van der Waals surface area contributed by atoms with Gasteiger partial charge < -0.3 is 9.47 Å². The van der Waals surface area contributed by atoms with Crippen LogP contribution in [0.25, 0.3) is 60.2 Å². The third kappa shape index (κ3) is 4.07. The van der Waals surface area contributed by atoms with Gasteiger partial charge in [-0.15, -0.1) is 0 Å². The van der Waals surface area contributed by atoms with Gasteiger partial charge in [0.25, 0.3) is 0 Å². The number of aromatic nitrogens is 1. The SMILES string of the molecule is CC1(C)c2cc(N(c3ccccc3)c3ccc4ccccc4c3)ccc2-c2c1cc(-n1c3ccccc3c3ccccc31)c1ccccc21. The second-order valence-electron chi connectivity index (χ2n) is 13.8. The van der Waals surface area contributed by atoms with Crippen LogP contribution < -0.4 is 4.90 Å². The molecule has 0 fully saturated rings. The summed E-state index contributed by atoms with van der Waals surface area (Å²) in [6.07, 6.45) is 0. The summed E-state index contributed by atoms with van der Waals surface area (Å²) in [7, 11) is 0. The molecule has 1 aliphatic carbocycles. The number of anilines is 3. The van der Waals surface area contributed by atoms with Crippen LogP contribution in [0.4, 0.5) is 17.1 Å². The van der Waals surface area contributed by atoms with Gasteiger partial charge in [-0.05, 0) is 93.0 Å². The van der Waals surface area contributed by atoms with Gasteiger partial charge in [0, 0.05) is 38.6 Å². The van der Waals surface area contributed by atoms with Crippen LogP contribution in [-0.2, 0) is 5.41 Å². The molecule has 0 saturated heterocycles. The maximum absolute atomic E-state index is 2.48. The molecule has 0 spiro atoms. The normalized spacial score (nSPS) is 13.3. The molecule has 0 radical (unpaired) electrons. The minimum Gasteiger partial charge on any atom is -0.310 e. The first-order chi connectivity index (χ1) is 24.1. The number of benzene rings is 8. The average Bonchev–Trinajstić information content (AvgIpc) is 3.60. The smallest absolute Gasteiger partial charge is 0.0544 e. The Kier molecular flexibility index (Phi) is 5.95. The monoisotopic (exact) mass is 626 g/mol. The van der Waals surface area contributed by atoms with E-state index in [1.54, 1.807) is 0 Å². The number of fused-ring (bicyclic) bond motifs is 9. The van der Waals surface area contributed by atoms with E-state index in [2.05, 4.69) is 193 Å². The van der Waals surface area contributed by atoms with Crippen LogP contribution in [0.3, 0.4) is 0 Å². The quantitative estimate of drug-likeness (QED) is 0.189. The molecule has 0 amide bonds. The van der Waals surface area contributed by atoms with Crippen molar-refractivity contribution in [2.75, 3.05) is 4.90 Å². The highest BCUT2D eigenvalue weighted by Crippen LogP contribution is 2.54. The van der Waals surface area contributed by atoms with E-state index < -0.39 is 0 Å². The summed E-state index contributed by atoms with van der Waals surface area (Å²) in [5.41, 5.74) is 12.3. The minimum atomic E-state index is -0.218. The lowest BCUT2D eigenvalue weighted by molar-refractivity contribution is 0.660. The number of hydrogen-bond acceptors (Lipinski definition) is 1. The Bertz CT molecular complexity index is 2700. The Labute approximate surface area is 286 Å². The molecule has 8 aromatic carbocycles. The maximum atomic E-state index is 2.48. The van der Waals surface area contributed by atoms with Gasteiger partial charge in [0.2, 0.25) is 0 Å². The van der Waals surface area contributed by atoms with Crippen LogP contribution in [0.15, 0.2) is 170 Å². The lowest BCUT2D eigenvalue weighted by Crippen LogP contribution is -2.17. The van der Waals surface area contributed by atoms with E-state index in [1.807, 2.05) is 0 Å². The number of nitrogens with zero attached hydrogens (tertiary/aromatic N) is 2. The Hall–Kier alpha value is -6.12. The molecule has 10 rings (SSSR count). The van der Waals surface area contributed by atoms with Crippen LogP contribution in [0.1, 0.15) is 25.0 Å². The first kappa shape index (κ1) is 27.9. The molecule has 0 unspecified atom stereocenters. The fourth-order valence-corrected chi connectivity index (χ4v) is 8.40. The molecule has 2 nitrogen and oxygen atoms in total. The van der Waals surface area contributed by atoms with E-state index in [1.165, 1.54) is 71.3 Å². The van der Waals surface area contributed by atoms with E-state index in [0.29, 0.717) is 0 Å². The van der Waals surface area contributed by atoms with E-state index >= 15 is 0 Å². The molecule has 1 aromatic heterocycles. The van der Waals surface area contributed by atoms with Crippen LogP contribution in [0, 0.1) is 0 Å². The molecular weight excluding hydrogens is 593 g/mol. The Morgan fingerprint density at radius 3 is 1.73 bits per heavy atom. The summed E-state index contributed by atoms with van der Waals surface area (Å²) < 4.78 is 2.48. The van der Waals surface area contributed by atoms with Crippen molar-refractivity contribution in [2.24, 2.45) is 0 Å². The summed E-state index contributed by atoms with van der Waals surface area (Å²) in [6.45, 7) is 4.80. The highest BCUT2D eigenvalue weighted by Gasteiger charge is 2.38. The van der Waals surface area contributed by atoms with Gasteiger partial charge in [0.15, 0.2) is 0 Å². The molecule has 2 heteroatoms. The van der Waals surface area contributed by atoms with Crippen molar-refractivity contribution < 1.29 is 0 Å². The average molecular weight is 627 g/mol. The second kappa shape index (κ2) is 10.4. The van der Waals surface area contributed by atoms with Crippen LogP contribution in [0.5, 0.6) is 0 Å². The first-order valence-electron chi connectivity index (χ1n) is 17.1. The van der Waals surface area contributed by atoms with E-state index in [4.69, 9.17) is 0 Å². The van der Waals surface area contributed by atoms with Crippen molar-refractivity contribution in [2.45, 2.75) is 19.3 Å². The summed E-state index contributed by atoms with van der Waals surface area (Å²) in [6, 6.07) is 62.3. The fourth-order valence-electron chi connectivity index (χ4n) is 8.40. The molecular formula is C47H34N2. The zero-order chi connectivity index (χ0) is 32.7. The minimum absolute atomic E-state index is 0.218. The topological polar surface area (TPSA) is 8.17 Å². The van der Waals surface area contributed by atoms with Crippen molar-refractivity contribution in [1.29, 1.82) is 0 Å². The van der Waals surface area contributed by atoms with Crippen molar-refractivity contribution in [1.82, 2.24) is 4.57 Å². The highest BCUT2D eigenvalue weighted by atomic mass is 15.1. The Morgan fingerprint density at radius 2 is 1.00 bits per heavy atom. The molecule has 1 heterocycles. The van der Waals surface area contributed by atoms with Crippen molar-refractivity contribution in [3.05, 3.63) is 181 Å². The summed E-state index contributed by atoms with van der Waals surface area (Å²) >= 11 is 0. The second-order valence-corrected chi connectivity index (χ2v) is 13.8. The number of hydrogen-bond donors (Lipinski definition) is 0. The highest BCUT2D eigenvalue weighted by molar-refractivity contribution is 6.12. The molecule has 232 valence electrons. The molecule has 1 aliphatic rings. The van der Waals surface area contributed by atoms with Crippen LogP contribution in [0.2, 0.25) is 0 Å². The van der Waals surface area contributed by atoms with Gasteiger partial charge in [0.1, 0.15) is 0 Å². The molecule has 49 heavy (non-hydrogen) atoms. The first-order valence-corrected chi connectivity index (χ1v) is 17.1. The van der Waals surface area contributed by atoms with Crippen molar-refractivity contribution >= 4 is 60.4 Å². The zero-order valence-corrected chi connectivity index (χ0v) is 27.6. The van der Waals surface area contributed by atoms with Crippen LogP contribution >= 0.6 is 0 Å². The Balaban J connectivity index is 1.20. The predicted molar refractivity (Wildman–Crippen MR) is 208 cm³/mol. The zero-order valence-electron chi connectivity index (χ0n) is 27.6. The number of rotatable bonds is 4. The Morgan fingerprint density at radius 1 is 0.429 bits per heavy atom.